The molecule has 0 aliphatic heterocycles. The number of rotatable bonds is 2. The quantitative estimate of drug-likeness (QED) is 0.685. The van der Waals surface area contributed by atoms with Crippen LogP contribution >= 0.6 is 23.2 Å². The molecule has 0 unspecified atom stereocenters. The molecular weight excluding hydrogens is 267 g/mol. The molecule has 0 aliphatic carbocycles. The van der Waals surface area contributed by atoms with Gasteiger partial charge in [0.1, 0.15) is 5.65 Å². The summed E-state index contributed by atoms with van der Waals surface area (Å²) in [6.45, 7) is 0. The van der Waals surface area contributed by atoms with Gasteiger partial charge in [-0.25, -0.2) is 4.98 Å². The lowest BCUT2D eigenvalue weighted by Crippen LogP contribution is -1.88. The highest BCUT2D eigenvalue weighted by molar-refractivity contribution is 6.31. The van der Waals surface area contributed by atoms with E-state index in [4.69, 9.17) is 23.2 Å². The van der Waals surface area contributed by atoms with E-state index in [0.29, 0.717) is 5.02 Å². The monoisotopic (exact) mass is 276 g/mol. The maximum Gasteiger partial charge on any atom is 0.138 e. The summed E-state index contributed by atoms with van der Waals surface area (Å²) in [7, 11) is 0. The standard InChI is InChI=1S/C14H10Cl2N2/c15-11-5-6-18-9-12(17-14(18)8-11)7-10-3-1-2-4-13(10)16/h1-6,8-9H,7H2. The van der Waals surface area contributed by atoms with Crippen LogP contribution < -0.4 is 0 Å². The van der Waals surface area contributed by atoms with Gasteiger partial charge in [-0.2, -0.15) is 0 Å². The maximum absolute atomic E-state index is 6.14. The molecule has 0 bridgehead atoms. The second kappa shape index (κ2) is 4.63. The Balaban J connectivity index is 1.98. The van der Waals surface area contributed by atoms with Crippen molar-refractivity contribution in [2.45, 2.75) is 6.42 Å². The molecule has 0 N–H and O–H groups in total. The van der Waals surface area contributed by atoms with Crippen LogP contribution in [-0.4, -0.2) is 9.38 Å². The van der Waals surface area contributed by atoms with E-state index in [2.05, 4.69) is 4.98 Å². The van der Waals surface area contributed by atoms with E-state index in [1.165, 1.54) is 0 Å². The van der Waals surface area contributed by atoms with E-state index >= 15 is 0 Å². The van der Waals surface area contributed by atoms with Gasteiger partial charge in [0.05, 0.1) is 5.69 Å². The van der Waals surface area contributed by atoms with Gasteiger partial charge in [-0.3, -0.25) is 0 Å². The highest BCUT2D eigenvalue weighted by Gasteiger charge is 2.05. The van der Waals surface area contributed by atoms with Gasteiger partial charge in [-0.05, 0) is 23.8 Å². The first-order valence-corrected chi connectivity index (χ1v) is 6.34. The van der Waals surface area contributed by atoms with Crippen LogP contribution in [0, 0.1) is 0 Å². The molecule has 0 amide bonds. The van der Waals surface area contributed by atoms with E-state index < -0.39 is 0 Å². The summed E-state index contributed by atoms with van der Waals surface area (Å²) in [6.07, 6.45) is 4.62. The Labute approximate surface area is 115 Å². The van der Waals surface area contributed by atoms with E-state index in [1.54, 1.807) is 0 Å². The van der Waals surface area contributed by atoms with Gasteiger partial charge in [0, 0.05) is 28.9 Å². The fourth-order valence-corrected chi connectivity index (χ4v) is 2.29. The van der Waals surface area contributed by atoms with E-state index in [0.717, 1.165) is 28.3 Å². The van der Waals surface area contributed by atoms with Crippen LogP contribution in [0.1, 0.15) is 11.3 Å². The number of halogens is 2. The minimum Gasteiger partial charge on any atom is -0.307 e. The molecule has 18 heavy (non-hydrogen) atoms. The molecule has 3 rings (SSSR count). The highest BCUT2D eigenvalue weighted by atomic mass is 35.5. The zero-order valence-electron chi connectivity index (χ0n) is 9.48. The van der Waals surface area contributed by atoms with Crippen molar-refractivity contribution in [3.63, 3.8) is 0 Å². The van der Waals surface area contributed by atoms with Crippen LogP contribution in [0.4, 0.5) is 0 Å². The van der Waals surface area contributed by atoms with Crippen molar-refractivity contribution in [3.05, 3.63) is 70.1 Å². The molecule has 0 aliphatic rings. The molecular formula is C14H10Cl2N2. The molecule has 0 atom stereocenters. The average Bonchev–Trinajstić information content (AvgIpc) is 2.73. The number of hydrogen-bond donors (Lipinski definition) is 0. The molecule has 4 heteroatoms. The summed E-state index contributed by atoms with van der Waals surface area (Å²) >= 11 is 12.1. The summed E-state index contributed by atoms with van der Waals surface area (Å²) in [5.41, 5.74) is 2.91. The summed E-state index contributed by atoms with van der Waals surface area (Å²) in [5.74, 6) is 0. The Kier molecular flexibility index (Phi) is 2.98. The summed E-state index contributed by atoms with van der Waals surface area (Å²) in [5, 5.41) is 1.46. The Morgan fingerprint density at radius 2 is 1.94 bits per heavy atom. The molecule has 2 aromatic heterocycles. The largest absolute Gasteiger partial charge is 0.307 e. The van der Waals surface area contributed by atoms with Crippen LogP contribution in [0.25, 0.3) is 5.65 Å². The van der Waals surface area contributed by atoms with E-state index in [9.17, 15) is 0 Å². The zero-order valence-corrected chi connectivity index (χ0v) is 11.0. The van der Waals surface area contributed by atoms with Crippen LogP contribution in [0.15, 0.2) is 48.8 Å². The number of nitrogens with zero attached hydrogens (tertiary/aromatic N) is 2. The lowest BCUT2D eigenvalue weighted by atomic mass is 10.1. The number of aromatic nitrogens is 2. The number of fused-ring (bicyclic) bond motifs is 1. The van der Waals surface area contributed by atoms with Gasteiger partial charge >= 0.3 is 0 Å². The lowest BCUT2D eigenvalue weighted by molar-refractivity contribution is 1.11. The molecule has 3 aromatic rings. The highest BCUT2D eigenvalue weighted by Crippen LogP contribution is 2.19. The number of benzene rings is 1. The van der Waals surface area contributed by atoms with Crippen LogP contribution in [0.5, 0.6) is 0 Å². The van der Waals surface area contributed by atoms with Crippen molar-refractivity contribution >= 4 is 28.8 Å². The fourth-order valence-electron chi connectivity index (χ4n) is 1.93. The molecule has 0 saturated carbocycles. The van der Waals surface area contributed by atoms with Crippen molar-refractivity contribution in [1.82, 2.24) is 9.38 Å². The summed E-state index contributed by atoms with van der Waals surface area (Å²) in [4.78, 5) is 4.53. The Hall–Kier alpha value is -1.51. The first-order valence-electron chi connectivity index (χ1n) is 5.59. The van der Waals surface area contributed by atoms with Crippen LogP contribution in [0.3, 0.4) is 0 Å². The molecule has 0 spiro atoms. The van der Waals surface area contributed by atoms with Gasteiger partial charge in [0.25, 0.3) is 0 Å². The second-order valence-electron chi connectivity index (χ2n) is 4.11. The van der Waals surface area contributed by atoms with Crippen LogP contribution in [0.2, 0.25) is 10.0 Å². The fraction of sp³-hybridized carbons (Fsp3) is 0.0714. The average molecular weight is 277 g/mol. The van der Waals surface area contributed by atoms with Gasteiger partial charge in [-0.1, -0.05) is 41.4 Å². The Bertz CT molecular complexity index is 704. The van der Waals surface area contributed by atoms with Crippen molar-refractivity contribution in [2.75, 3.05) is 0 Å². The van der Waals surface area contributed by atoms with Crippen LogP contribution in [-0.2, 0) is 6.42 Å². The third-order valence-electron chi connectivity index (χ3n) is 2.80. The Morgan fingerprint density at radius 1 is 1.11 bits per heavy atom. The molecule has 0 radical (unpaired) electrons. The topological polar surface area (TPSA) is 17.3 Å². The Morgan fingerprint density at radius 3 is 2.78 bits per heavy atom. The number of hydrogen-bond acceptors (Lipinski definition) is 1. The summed E-state index contributed by atoms with van der Waals surface area (Å²) < 4.78 is 1.96. The lowest BCUT2D eigenvalue weighted by Gasteiger charge is -2.00. The van der Waals surface area contributed by atoms with E-state index in [1.807, 2.05) is 53.2 Å². The molecule has 0 saturated heterocycles. The third kappa shape index (κ3) is 2.22. The summed E-state index contributed by atoms with van der Waals surface area (Å²) in [6, 6.07) is 11.5. The third-order valence-corrected chi connectivity index (χ3v) is 3.41. The maximum atomic E-state index is 6.14. The molecule has 90 valence electrons. The first-order chi connectivity index (χ1) is 8.72. The predicted molar refractivity (Wildman–Crippen MR) is 74.5 cm³/mol. The first kappa shape index (κ1) is 11.6. The molecule has 0 fully saturated rings. The number of imidazole rings is 1. The van der Waals surface area contributed by atoms with Gasteiger partial charge < -0.3 is 4.40 Å². The van der Waals surface area contributed by atoms with Gasteiger partial charge in [0.2, 0.25) is 0 Å². The van der Waals surface area contributed by atoms with E-state index in [-0.39, 0.29) is 0 Å². The van der Waals surface area contributed by atoms with Gasteiger partial charge in [0.15, 0.2) is 0 Å². The molecule has 1 aromatic carbocycles. The zero-order chi connectivity index (χ0) is 12.5. The normalized spacial score (nSPS) is 11.0. The molecule has 2 heterocycles. The van der Waals surface area contributed by atoms with Crippen molar-refractivity contribution in [3.8, 4) is 0 Å². The van der Waals surface area contributed by atoms with Crippen molar-refractivity contribution in [1.29, 1.82) is 0 Å². The smallest absolute Gasteiger partial charge is 0.138 e. The predicted octanol–water partition coefficient (Wildman–Crippen LogP) is 4.23. The SMILES string of the molecule is Clc1ccn2cc(Cc3ccccc3Cl)nc2c1. The van der Waals surface area contributed by atoms with Crippen molar-refractivity contribution in [2.24, 2.45) is 0 Å². The molecule has 2 nitrogen and oxygen atoms in total. The van der Waals surface area contributed by atoms with Gasteiger partial charge in [-0.15, -0.1) is 0 Å². The van der Waals surface area contributed by atoms with Crippen molar-refractivity contribution < 1.29 is 0 Å². The second-order valence-corrected chi connectivity index (χ2v) is 4.95. The minimum atomic E-state index is 0.692. The minimum absolute atomic E-state index is 0.692. The number of pyridine rings is 1.